The fraction of sp³-hybridized carbons (Fsp3) is 0.171. The Morgan fingerprint density at radius 3 is 1.05 bits per heavy atom. The summed E-state index contributed by atoms with van der Waals surface area (Å²) in [7, 11) is 0. The molecule has 0 saturated carbocycles. The second-order valence-corrected chi connectivity index (χ2v) is 23.3. The maximum Gasteiger partial charge on any atom is 0.213 e. The normalized spacial score (nSPS) is 12.6. The molecule has 0 unspecified atom stereocenters. The van der Waals surface area contributed by atoms with Crippen LogP contribution in [0.1, 0.15) is 102 Å². The molecule has 0 atom stereocenters. The van der Waals surface area contributed by atoms with Gasteiger partial charge in [0, 0.05) is 38.2 Å². The van der Waals surface area contributed by atoms with E-state index in [0.717, 1.165) is 83.3 Å². The molecule has 0 saturated heterocycles. The quantitative estimate of drug-likeness (QED) is 0.128. The zero-order chi connectivity index (χ0) is 53.2. The average molecular weight is 1010 g/mol. The van der Waals surface area contributed by atoms with Gasteiger partial charge in [-0.3, -0.25) is 0 Å². The van der Waals surface area contributed by atoms with Crippen molar-refractivity contribution in [3.8, 4) is 34.5 Å². The molecule has 0 radical (unpaired) electrons. The molecule has 0 amide bonds. The van der Waals surface area contributed by atoms with Crippen LogP contribution in [0.25, 0.3) is 89.5 Å². The molecular formula is C70H62N4O3. The van der Waals surface area contributed by atoms with Crippen molar-refractivity contribution in [2.45, 2.75) is 78.6 Å². The number of H-pyrrole nitrogens is 2. The van der Waals surface area contributed by atoms with Crippen molar-refractivity contribution >= 4 is 89.5 Å². The van der Waals surface area contributed by atoms with Crippen LogP contribution in [0.2, 0.25) is 0 Å². The largest absolute Gasteiger partial charge is 0.453 e. The van der Waals surface area contributed by atoms with E-state index in [4.69, 9.17) is 14.2 Å². The molecule has 3 aromatic heterocycles. The lowest BCUT2D eigenvalue weighted by Crippen LogP contribution is -2.10. The molecule has 13 rings (SSSR count). The summed E-state index contributed by atoms with van der Waals surface area (Å²) in [6, 6.07) is 61.2. The maximum absolute atomic E-state index is 7.13. The van der Waals surface area contributed by atoms with Crippen LogP contribution in [0.4, 0.5) is 0 Å². The minimum atomic E-state index is 0.00903. The van der Waals surface area contributed by atoms with E-state index in [9.17, 15) is 0 Å². The number of benzene rings is 8. The second kappa shape index (κ2) is 19.0. The number of nitrogens with one attached hydrogen (secondary N) is 2. The summed E-state index contributed by atoms with van der Waals surface area (Å²) >= 11 is 0. The first-order chi connectivity index (χ1) is 37.0. The van der Waals surface area contributed by atoms with Crippen molar-refractivity contribution in [2.75, 3.05) is 0 Å². The van der Waals surface area contributed by atoms with Gasteiger partial charge >= 0.3 is 0 Å². The smallest absolute Gasteiger partial charge is 0.213 e. The summed E-state index contributed by atoms with van der Waals surface area (Å²) in [6.45, 7) is 20.0. The van der Waals surface area contributed by atoms with Gasteiger partial charge in [-0.15, -0.1) is 0 Å². The molecule has 7 nitrogen and oxygen atoms in total. The maximum atomic E-state index is 7.13. The minimum Gasteiger partial charge on any atom is -0.453 e. The molecule has 0 fully saturated rings. The first-order valence-electron chi connectivity index (χ1n) is 26.5. The molecule has 8 bridgehead atoms. The van der Waals surface area contributed by atoms with Gasteiger partial charge in [0.1, 0.15) is 17.2 Å². The number of ether oxygens (including phenoxy) is 3. The third-order valence-electron chi connectivity index (χ3n) is 14.5. The molecule has 2 aliphatic heterocycles. The molecule has 2 aliphatic rings. The van der Waals surface area contributed by atoms with Crippen molar-refractivity contribution in [2.24, 2.45) is 0 Å². The fourth-order valence-corrected chi connectivity index (χ4v) is 10.4. The Bertz CT molecular complexity index is 4090. The van der Waals surface area contributed by atoms with E-state index in [-0.39, 0.29) is 16.2 Å². The highest BCUT2D eigenvalue weighted by molar-refractivity contribution is 6.35. The number of fused-ring (bicyclic) bond motifs is 10. The Morgan fingerprint density at radius 1 is 0.312 bits per heavy atom. The average Bonchev–Trinajstić information content (AvgIpc) is 4.41. The first-order valence-corrected chi connectivity index (χ1v) is 26.5. The predicted molar refractivity (Wildman–Crippen MR) is 322 cm³/mol. The number of hydrogen-bond donors (Lipinski definition) is 2. The highest BCUT2D eigenvalue weighted by Crippen LogP contribution is 2.56. The lowest BCUT2D eigenvalue weighted by atomic mass is 9.87. The van der Waals surface area contributed by atoms with E-state index >= 15 is 0 Å². The zero-order valence-electron chi connectivity index (χ0n) is 45.2. The van der Waals surface area contributed by atoms with Crippen LogP contribution in [-0.2, 0) is 16.2 Å². The number of hydrogen-bond acceptors (Lipinski definition) is 5. The predicted octanol–water partition coefficient (Wildman–Crippen LogP) is 19.7. The van der Waals surface area contributed by atoms with Crippen LogP contribution in [0.15, 0.2) is 176 Å². The van der Waals surface area contributed by atoms with Gasteiger partial charge in [0.2, 0.25) is 5.75 Å². The van der Waals surface area contributed by atoms with Crippen LogP contribution in [0.5, 0.6) is 34.5 Å². The third kappa shape index (κ3) is 9.93. The lowest BCUT2D eigenvalue weighted by Gasteiger charge is -2.24. The number of aromatic amines is 2. The molecular weight excluding hydrogens is 945 g/mol. The second-order valence-electron chi connectivity index (χ2n) is 23.3. The van der Waals surface area contributed by atoms with Crippen LogP contribution < -0.4 is 14.2 Å². The molecule has 11 aromatic rings. The van der Waals surface area contributed by atoms with Gasteiger partial charge in [-0.05, 0) is 169 Å². The summed E-state index contributed by atoms with van der Waals surface area (Å²) in [5.41, 5.74) is 11.6. The van der Waals surface area contributed by atoms with Crippen LogP contribution in [0, 0.1) is 0 Å². The molecule has 8 aromatic carbocycles. The molecule has 380 valence electrons. The lowest BCUT2D eigenvalue weighted by molar-refractivity contribution is 0.391. The SMILES string of the molecule is C1=Cc2cc3ccc(cc4nc(cc5ccc(cc1n2)[nH]5)C=C4)[nH]3.CC(C)(C)c1ccc(Oc2c(Oc3ccc(C(C)(C)C)cc3)c3cccc4c5cccc6cccc(c(c2Oc2ccc(C(C)(C)C)cc2)c34)c65)cc1. The fourth-order valence-electron chi connectivity index (χ4n) is 10.4. The minimum absolute atomic E-state index is 0.00903. The van der Waals surface area contributed by atoms with Crippen molar-refractivity contribution in [3.05, 3.63) is 215 Å². The monoisotopic (exact) mass is 1010 g/mol. The van der Waals surface area contributed by atoms with Gasteiger partial charge in [0.15, 0.2) is 11.5 Å². The summed E-state index contributed by atoms with van der Waals surface area (Å²) < 4.78 is 21.2. The Balaban J connectivity index is 0.000000205. The van der Waals surface area contributed by atoms with Gasteiger partial charge in [-0.25, -0.2) is 9.97 Å². The van der Waals surface area contributed by atoms with Crippen molar-refractivity contribution in [1.29, 1.82) is 0 Å². The summed E-state index contributed by atoms with van der Waals surface area (Å²) in [5.74, 6) is 3.93. The molecule has 5 heterocycles. The topological polar surface area (TPSA) is 85.1 Å². The van der Waals surface area contributed by atoms with Crippen LogP contribution in [0.3, 0.4) is 0 Å². The van der Waals surface area contributed by atoms with Gasteiger partial charge in [0.25, 0.3) is 0 Å². The molecule has 7 heteroatoms. The van der Waals surface area contributed by atoms with E-state index in [1.54, 1.807) is 0 Å². The van der Waals surface area contributed by atoms with E-state index < -0.39 is 0 Å². The first kappa shape index (κ1) is 49.0. The Kier molecular flexibility index (Phi) is 12.1. The zero-order valence-corrected chi connectivity index (χ0v) is 45.2. The molecule has 0 aliphatic carbocycles. The Hall–Kier alpha value is -8.94. The van der Waals surface area contributed by atoms with Crippen molar-refractivity contribution in [1.82, 2.24) is 19.9 Å². The highest BCUT2D eigenvalue weighted by Gasteiger charge is 2.28. The van der Waals surface area contributed by atoms with E-state index in [2.05, 4.69) is 222 Å². The van der Waals surface area contributed by atoms with Crippen LogP contribution in [-0.4, -0.2) is 19.9 Å². The van der Waals surface area contributed by atoms with E-state index in [1.165, 1.54) is 32.8 Å². The van der Waals surface area contributed by atoms with Crippen molar-refractivity contribution in [3.63, 3.8) is 0 Å². The van der Waals surface area contributed by atoms with Gasteiger partial charge in [-0.1, -0.05) is 153 Å². The standard InChI is InChI=1S/C50H48O3.C20H14N4/c1-48(2,3)32-19-25-35(26-20-32)51-45-41-18-12-16-39-38-15-10-13-31-14-11-17-40(42(31)38)44(43(39)41)46(52-36-27-21-33(22-28-36)49(4,5)6)47(45)53-37-29-23-34(24-30-37)50(7,8)9;1-2-14-10-16-5-6-18(23-16)12-20-8-7-19(24-20)11-17-4-3-15(22-17)9-13(1)21-14/h10-30H,1-9H3;1-12,21,24H. The van der Waals surface area contributed by atoms with Crippen molar-refractivity contribution < 1.29 is 14.2 Å². The molecule has 77 heavy (non-hydrogen) atoms. The number of rotatable bonds is 6. The van der Waals surface area contributed by atoms with Gasteiger partial charge < -0.3 is 24.2 Å². The van der Waals surface area contributed by atoms with Gasteiger partial charge in [-0.2, -0.15) is 0 Å². The molecule has 2 N–H and O–H groups in total. The van der Waals surface area contributed by atoms with Crippen LogP contribution >= 0.6 is 0 Å². The summed E-state index contributed by atoms with van der Waals surface area (Å²) in [4.78, 5) is 16.0. The number of aromatic nitrogens is 4. The Morgan fingerprint density at radius 2 is 0.649 bits per heavy atom. The Labute approximate surface area is 449 Å². The van der Waals surface area contributed by atoms with E-state index in [1.807, 2.05) is 60.7 Å². The summed E-state index contributed by atoms with van der Waals surface area (Å²) in [6.07, 6.45) is 8.09. The van der Waals surface area contributed by atoms with Gasteiger partial charge in [0.05, 0.1) is 22.8 Å². The third-order valence-corrected chi connectivity index (χ3v) is 14.5. The number of nitrogens with zero attached hydrogens (tertiary/aromatic N) is 2. The summed E-state index contributed by atoms with van der Waals surface area (Å²) in [5, 5.41) is 8.87. The van der Waals surface area contributed by atoms with E-state index in [0.29, 0.717) is 23.0 Å². The highest BCUT2D eigenvalue weighted by atomic mass is 16.5. The molecule has 0 spiro atoms.